The molecule has 0 atom stereocenters. The monoisotopic (exact) mass is 343 g/mol. The standard InChI is InChI=1S/C17H17F4NO2/c1-2-3-6-24-16-14(7-11(10-23)9-22-16)13-8-12(17(19,20)21)4-5-15(13)18/h4-5,7-9,23H,2-3,6,10H2,1H3. The van der Waals surface area contributed by atoms with Crippen LogP contribution in [-0.4, -0.2) is 16.7 Å². The number of ether oxygens (including phenoxy) is 1. The number of aliphatic hydroxyl groups excluding tert-OH is 1. The van der Waals surface area contributed by atoms with Gasteiger partial charge in [0.2, 0.25) is 5.88 Å². The van der Waals surface area contributed by atoms with E-state index in [-0.39, 0.29) is 23.6 Å². The first-order valence-electron chi connectivity index (χ1n) is 7.46. The lowest BCUT2D eigenvalue weighted by Crippen LogP contribution is -2.06. The van der Waals surface area contributed by atoms with E-state index in [0.29, 0.717) is 18.2 Å². The molecule has 0 unspecified atom stereocenters. The maximum atomic E-state index is 14.1. The van der Waals surface area contributed by atoms with Gasteiger partial charge < -0.3 is 9.84 Å². The molecule has 0 aliphatic rings. The summed E-state index contributed by atoms with van der Waals surface area (Å²) in [5, 5.41) is 9.21. The molecule has 0 saturated carbocycles. The van der Waals surface area contributed by atoms with Crippen molar-refractivity contribution in [1.29, 1.82) is 0 Å². The van der Waals surface area contributed by atoms with Crippen molar-refractivity contribution < 1.29 is 27.4 Å². The second kappa shape index (κ2) is 7.61. The average molecular weight is 343 g/mol. The summed E-state index contributed by atoms with van der Waals surface area (Å²) in [5.74, 6) is -0.779. The van der Waals surface area contributed by atoms with E-state index in [4.69, 9.17) is 4.74 Å². The molecule has 1 aromatic carbocycles. The first kappa shape index (κ1) is 18.2. The molecule has 7 heteroatoms. The Labute approximate surface area is 136 Å². The minimum Gasteiger partial charge on any atom is -0.477 e. The summed E-state index contributed by atoms with van der Waals surface area (Å²) >= 11 is 0. The number of halogens is 4. The van der Waals surface area contributed by atoms with E-state index in [1.54, 1.807) is 0 Å². The van der Waals surface area contributed by atoms with E-state index in [0.717, 1.165) is 25.0 Å². The van der Waals surface area contributed by atoms with Gasteiger partial charge in [0.1, 0.15) is 5.82 Å². The Morgan fingerprint density at radius 3 is 2.54 bits per heavy atom. The Hall–Kier alpha value is -2.15. The topological polar surface area (TPSA) is 42.4 Å². The van der Waals surface area contributed by atoms with E-state index >= 15 is 0 Å². The van der Waals surface area contributed by atoms with Crippen LogP contribution in [0.2, 0.25) is 0 Å². The molecule has 0 amide bonds. The Morgan fingerprint density at radius 1 is 1.17 bits per heavy atom. The number of rotatable bonds is 6. The molecule has 0 radical (unpaired) electrons. The van der Waals surface area contributed by atoms with E-state index in [1.165, 1.54) is 12.3 Å². The number of alkyl halides is 3. The lowest BCUT2D eigenvalue weighted by molar-refractivity contribution is -0.137. The zero-order valence-corrected chi connectivity index (χ0v) is 13.0. The zero-order chi connectivity index (χ0) is 17.7. The number of aliphatic hydroxyl groups is 1. The summed E-state index contributed by atoms with van der Waals surface area (Å²) < 4.78 is 58.3. The van der Waals surface area contributed by atoms with Gasteiger partial charge >= 0.3 is 6.18 Å². The molecule has 1 aromatic heterocycles. The second-order valence-electron chi connectivity index (χ2n) is 5.25. The number of hydrogen-bond acceptors (Lipinski definition) is 3. The van der Waals surface area contributed by atoms with E-state index < -0.39 is 17.6 Å². The van der Waals surface area contributed by atoms with Crippen LogP contribution in [0.3, 0.4) is 0 Å². The molecule has 1 heterocycles. The van der Waals surface area contributed by atoms with Crippen molar-refractivity contribution in [3.05, 3.63) is 47.4 Å². The molecule has 0 spiro atoms. The predicted octanol–water partition coefficient (Wildman–Crippen LogP) is 4.58. The SMILES string of the molecule is CCCCOc1ncc(CO)cc1-c1cc(C(F)(F)F)ccc1F. The van der Waals surface area contributed by atoms with Crippen molar-refractivity contribution in [2.45, 2.75) is 32.5 Å². The fraction of sp³-hybridized carbons (Fsp3) is 0.353. The highest BCUT2D eigenvalue weighted by Gasteiger charge is 2.31. The van der Waals surface area contributed by atoms with Gasteiger partial charge in [0.15, 0.2) is 0 Å². The van der Waals surface area contributed by atoms with Gasteiger partial charge in [-0.2, -0.15) is 13.2 Å². The third-order valence-electron chi connectivity index (χ3n) is 3.41. The summed E-state index contributed by atoms with van der Waals surface area (Å²) in [6, 6.07) is 3.55. The lowest BCUT2D eigenvalue weighted by Gasteiger charge is -2.14. The molecule has 0 aliphatic heterocycles. The molecule has 1 N–H and O–H groups in total. The van der Waals surface area contributed by atoms with Gasteiger partial charge in [0.25, 0.3) is 0 Å². The smallest absolute Gasteiger partial charge is 0.416 e. The van der Waals surface area contributed by atoms with Crippen molar-refractivity contribution in [3.8, 4) is 17.0 Å². The summed E-state index contributed by atoms with van der Waals surface area (Å²) in [5.41, 5.74) is -0.794. The summed E-state index contributed by atoms with van der Waals surface area (Å²) in [6.07, 6.45) is -1.65. The Balaban J connectivity index is 2.52. The number of pyridine rings is 1. The average Bonchev–Trinajstić information content (AvgIpc) is 2.55. The van der Waals surface area contributed by atoms with Gasteiger partial charge in [-0.25, -0.2) is 9.37 Å². The number of hydrogen-bond donors (Lipinski definition) is 1. The molecule has 3 nitrogen and oxygen atoms in total. The minimum absolute atomic E-state index is 0.0406. The molecule has 2 rings (SSSR count). The summed E-state index contributed by atoms with van der Waals surface area (Å²) in [4.78, 5) is 4.00. The van der Waals surface area contributed by atoms with Gasteiger partial charge in [-0.3, -0.25) is 0 Å². The third-order valence-corrected chi connectivity index (χ3v) is 3.41. The molecule has 0 fully saturated rings. The normalized spacial score (nSPS) is 11.6. The first-order chi connectivity index (χ1) is 11.4. The molecule has 24 heavy (non-hydrogen) atoms. The summed E-state index contributed by atoms with van der Waals surface area (Å²) in [6.45, 7) is 1.91. The van der Waals surface area contributed by atoms with Crippen molar-refractivity contribution >= 4 is 0 Å². The quantitative estimate of drug-likeness (QED) is 0.617. The Morgan fingerprint density at radius 2 is 1.92 bits per heavy atom. The van der Waals surface area contributed by atoms with Crippen molar-refractivity contribution in [2.75, 3.05) is 6.61 Å². The van der Waals surface area contributed by atoms with Gasteiger partial charge in [0.05, 0.1) is 18.8 Å². The minimum atomic E-state index is -4.59. The summed E-state index contributed by atoms with van der Waals surface area (Å²) in [7, 11) is 0. The zero-order valence-electron chi connectivity index (χ0n) is 13.0. The van der Waals surface area contributed by atoms with Crippen LogP contribution in [0.1, 0.15) is 30.9 Å². The van der Waals surface area contributed by atoms with Crippen molar-refractivity contribution in [3.63, 3.8) is 0 Å². The van der Waals surface area contributed by atoms with Crippen LogP contribution in [0.15, 0.2) is 30.5 Å². The van der Waals surface area contributed by atoms with E-state index in [2.05, 4.69) is 4.98 Å². The van der Waals surface area contributed by atoms with Gasteiger partial charge in [0, 0.05) is 17.3 Å². The van der Waals surface area contributed by atoms with Crippen LogP contribution >= 0.6 is 0 Å². The van der Waals surface area contributed by atoms with E-state index in [9.17, 15) is 22.7 Å². The van der Waals surface area contributed by atoms with Crippen LogP contribution in [0.25, 0.3) is 11.1 Å². The molecular weight excluding hydrogens is 326 g/mol. The molecule has 2 aromatic rings. The second-order valence-corrected chi connectivity index (χ2v) is 5.25. The van der Waals surface area contributed by atoms with E-state index in [1.807, 2.05) is 6.92 Å². The number of aromatic nitrogens is 1. The molecular formula is C17H17F4NO2. The van der Waals surface area contributed by atoms with Crippen LogP contribution in [0.5, 0.6) is 5.88 Å². The molecule has 0 aliphatic carbocycles. The van der Waals surface area contributed by atoms with Crippen molar-refractivity contribution in [2.24, 2.45) is 0 Å². The third kappa shape index (κ3) is 4.23. The van der Waals surface area contributed by atoms with Gasteiger partial charge in [-0.05, 0) is 36.2 Å². The van der Waals surface area contributed by atoms with Gasteiger partial charge in [-0.15, -0.1) is 0 Å². The van der Waals surface area contributed by atoms with Crippen LogP contribution in [0.4, 0.5) is 17.6 Å². The highest BCUT2D eigenvalue weighted by molar-refractivity contribution is 5.70. The molecule has 0 saturated heterocycles. The lowest BCUT2D eigenvalue weighted by atomic mass is 10.0. The highest BCUT2D eigenvalue weighted by Crippen LogP contribution is 2.36. The van der Waals surface area contributed by atoms with Crippen molar-refractivity contribution in [1.82, 2.24) is 4.98 Å². The maximum Gasteiger partial charge on any atom is 0.416 e. The van der Waals surface area contributed by atoms with Gasteiger partial charge in [-0.1, -0.05) is 13.3 Å². The van der Waals surface area contributed by atoms with Crippen LogP contribution in [-0.2, 0) is 12.8 Å². The number of benzene rings is 1. The van der Waals surface area contributed by atoms with Crippen LogP contribution < -0.4 is 4.74 Å². The predicted molar refractivity (Wildman–Crippen MR) is 81.0 cm³/mol. The fourth-order valence-electron chi connectivity index (χ4n) is 2.11. The number of nitrogens with zero attached hydrogens (tertiary/aromatic N) is 1. The Kier molecular flexibility index (Phi) is 5.77. The largest absolute Gasteiger partial charge is 0.477 e. The Bertz CT molecular complexity index is 701. The highest BCUT2D eigenvalue weighted by atomic mass is 19.4. The molecule has 130 valence electrons. The fourth-order valence-corrected chi connectivity index (χ4v) is 2.11. The first-order valence-corrected chi connectivity index (χ1v) is 7.46. The number of unbranched alkanes of at least 4 members (excludes halogenated alkanes) is 1. The van der Waals surface area contributed by atoms with Crippen LogP contribution in [0, 0.1) is 5.82 Å². The molecule has 0 bridgehead atoms. The maximum absolute atomic E-state index is 14.1.